The van der Waals surface area contributed by atoms with Gasteiger partial charge in [0.1, 0.15) is 0 Å². The van der Waals surface area contributed by atoms with E-state index in [-0.39, 0.29) is 6.04 Å². The summed E-state index contributed by atoms with van der Waals surface area (Å²) in [5.41, 5.74) is 3.99. The topological polar surface area (TPSA) is 12.0 Å². The van der Waals surface area contributed by atoms with Gasteiger partial charge in [0.15, 0.2) is 0 Å². The van der Waals surface area contributed by atoms with E-state index in [4.69, 9.17) is 0 Å². The molecule has 3 heteroatoms. The normalized spacial score (nSPS) is 12.7. The fourth-order valence-electron chi connectivity index (χ4n) is 2.31. The molecule has 106 valence electrons. The lowest BCUT2D eigenvalue weighted by Crippen LogP contribution is -2.18. The van der Waals surface area contributed by atoms with Crippen molar-refractivity contribution < 1.29 is 0 Å². The highest BCUT2D eigenvalue weighted by molar-refractivity contribution is 14.1. The smallest absolute Gasteiger partial charge is 0.0585 e. The summed E-state index contributed by atoms with van der Waals surface area (Å²) < 4.78 is 2.39. The lowest BCUT2D eigenvalue weighted by Gasteiger charge is -2.20. The molecule has 1 nitrogen and oxygen atoms in total. The summed E-state index contributed by atoms with van der Waals surface area (Å²) in [6.07, 6.45) is 0. The molecule has 0 radical (unpaired) electrons. The van der Waals surface area contributed by atoms with Gasteiger partial charge in [-0.1, -0.05) is 54.0 Å². The Morgan fingerprint density at radius 3 is 2.15 bits per heavy atom. The molecule has 1 unspecified atom stereocenters. The van der Waals surface area contributed by atoms with E-state index < -0.39 is 0 Å². The molecule has 0 bridgehead atoms. The Balaban J connectivity index is 2.39. The Morgan fingerprint density at radius 1 is 1.00 bits per heavy atom. The zero-order valence-electron chi connectivity index (χ0n) is 12.0. The Bertz CT molecular complexity index is 578. The first-order valence-electron chi connectivity index (χ1n) is 6.75. The van der Waals surface area contributed by atoms with E-state index >= 15 is 0 Å². The summed E-state index contributed by atoms with van der Waals surface area (Å²) in [5.74, 6) is 0.572. The summed E-state index contributed by atoms with van der Waals surface area (Å²) >= 11 is 5.96. The van der Waals surface area contributed by atoms with Crippen molar-refractivity contribution in [1.29, 1.82) is 0 Å². The van der Waals surface area contributed by atoms with Gasteiger partial charge in [0, 0.05) is 8.04 Å². The van der Waals surface area contributed by atoms with Gasteiger partial charge < -0.3 is 5.32 Å². The standard InChI is InChI=1S/C17H19BrIN/c1-11(2)12-4-6-13(7-5-12)17(20-3)15-10-14(18)8-9-16(15)19/h4-11,17,20H,1-3H3. The maximum Gasteiger partial charge on any atom is 0.0585 e. The summed E-state index contributed by atoms with van der Waals surface area (Å²) in [4.78, 5) is 0. The van der Waals surface area contributed by atoms with Crippen LogP contribution < -0.4 is 5.32 Å². The van der Waals surface area contributed by atoms with Crippen molar-refractivity contribution in [3.05, 3.63) is 67.2 Å². The van der Waals surface area contributed by atoms with Gasteiger partial charge in [-0.2, -0.15) is 0 Å². The third-order valence-electron chi connectivity index (χ3n) is 3.49. The molecule has 2 rings (SSSR count). The minimum absolute atomic E-state index is 0.223. The van der Waals surface area contributed by atoms with Crippen molar-refractivity contribution >= 4 is 38.5 Å². The first kappa shape index (κ1) is 16.0. The third kappa shape index (κ3) is 3.62. The molecule has 0 fully saturated rings. The van der Waals surface area contributed by atoms with Crippen LogP contribution in [0.15, 0.2) is 46.9 Å². The molecule has 2 aromatic carbocycles. The largest absolute Gasteiger partial charge is 0.309 e. The summed E-state index contributed by atoms with van der Waals surface area (Å²) in [6.45, 7) is 4.45. The van der Waals surface area contributed by atoms with E-state index in [0.717, 1.165) is 4.47 Å². The van der Waals surface area contributed by atoms with Gasteiger partial charge in [-0.15, -0.1) is 0 Å². The van der Waals surface area contributed by atoms with E-state index in [1.54, 1.807) is 0 Å². The third-order valence-corrected chi connectivity index (χ3v) is 4.97. The highest BCUT2D eigenvalue weighted by Gasteiger charge is 2.15. The van der Waals surface area contributed by atoms with E-state index in [0.29, 0.717) is 5.92 Å². The second-order valence-corrected chi connectivity index (χ2v) is 7.29. The van der Waals surface area contributed by atoms with Crippen LogP contribution >= 0.6 is 38.5 Å². The van der Waals surface area contributed by atoms with Gasteiger partial charge >= 0.3 is 0 Å². The van der Waals surface area contributed by atoms with E-state index in [1.807, 2.05) is 7.05 Å². The van der Waals surface area contributed by atoms with Crippen molar-refractivity contribution in [3.8, 4) is 0 Å². The van der Waals surface area contributed by atoms with Crippen molar-refractivity contribution in [2.45, 2.75) is 25.8 Å². The molecule has 0 amide bonds. The van der Waals surface area contributed by atoms with Crippen LogP contribution in [0.5, 0.6) is 0 Å². The Labute approximate surface area is 143 Å². The van der Waals surface area contributed by atoms with E-state index in [2.05, 4.69) is 100 Å². The molecule has 1 N–H and O–H groups in total. The number of nitrogens with one attached hydrogen (secondary N) is 1. The number of hydrogen-bond acceptors (Lipinski definition) is 1. The second-order valence-electron chi connectivity index (χ2n) is 5.21. The number of rotatable bonds is 4. The fourth-order valence-corrected chi connectivity index (χ4v) is 3.34. The first-order valence-corrected chi connectivity index (χ1v) is 8.62. The highest BCUT2D eigenvalue weighted by Crippen LogP contribution is 2.29. The van der Waals surface area contributed by atoms with Crippen LogP contribution in [0.3, 0.4) is 0 Å². The zero-order chi connectivity index (χ0) is 14.7. The molecule has 0 saturated carbocycles. The number of benzene rings is 2. The van der Waals surface area contributed by atoms with Crippen molar-refractivity contribution in [3.63, 3.8) is 0 Å². The second kappa shape index (κ2) is 7.05. The van der Waals surface area contributed by atoms with Crippen LogP contribution in [0.2, 0.25) is 0 Å². The molecule has 0 saturated heterocycles. The van der Waals surface area contributed by atoms with Gasteiger partial charge in [-0.05, 0) is 70.4 Å². The molecule has 0 aliphatic rings. The highest BCUT2D eigenvalue weighted by atomic mass is 127. The first-order chi connectivity index (χ1) is 9.52. The van der Waals surface area contributed by atoms with Crippen molar-refractivity contribution in [1.82, 2.24) is 5.32 Å². The predicted octanol–water partition coefficient (Wildman–Crippen LogP) is 5.49. The molecule has 1 atom stereocenters. The van der Waals surface area contributed by atoms with Gasteiger partial charge in [-0.25, -0.2) is 0 Å². The average Bonchev–Trinajstić information content (AvgIpc) is 2.44. The molecule has 2 aromatic rings. The molecule has 20 heavy (non-hydrogen) atoms. The Morgan fingerprint density at radius 2 is 1.60 bits per heavy atom. The predicted molar refractivity (Wildman–Crippen MR) is 98.3 cm³/mol. The van der Waals surface area contributed by atoms with Gasteiger partial charge in [0.25, 0.3) is 0 Å². The maximum atomic E-state index is 3.57. The lowest BCUT2D eigenvalue weighted by atomic mass is 9.95. The van der Waals surface area contributed by atoms with Crippen LogP contribution in [0.25, 0.3) is 0 Å². The Kier molecular flexibility index (Phi) is 5.64. The summed E-state index contributed by atoms with van der Waals surface area (Å²) in [6, 6.07) is 15.6. The zero-order valence-corrected chi connectivity index (χ0v) is 15.7. The van der Waals surface area contributed by atoms with E-state index in [1.165, 1.54) is 20.3 Å². The molecule has 0 aliphatic carbocycles. The van der Waals surface area contributed by atoms with Gasteiger partial charge in [0.2, 0.25) is 0 Å². The fraction of sp³-hybridized carbons (Fsp3) is 0.294. The average molecular weight is 444 g/mol. The van der Waals surface area contributed by atoms with Crippen LogP contribution in [-0.2, 0) is 0 Å². The lowest BCUT2D eigenvalue weighted by molar-refractivity contribution is 0.687. The molecular formula is C17H19BrIN. The van der Waals surface area contributed by atoms with Crippen LogP contribution in [0.1, 0.15) is 42.5 Å². The van der Waals surface area contributed by atoms with Crippen molar-refractivity contribution in [2.75, 3.05) is 7.05 Å². The van der Waals surface area contributed by atoms with Crippen LogP contribution in [0, 0.1) is 3.57 Å². The summed E-state index contributed by atoms with van der Waals surface area (Å²) in [5, 5.41) is 3.43. The quantitative estimate of drug-likeness (QED) is 0.616. The van der Waals surface area contributed by atoms with Gasteiger partial charge in [-0.3, -0.25) is 0 Å². The molecular weight excluding hydrogens is 425 g/mol. The molecule has 0 heterocycles. The Hall–Kier alpha value is -0.390. The van der Waals surface area contributed by atoms with Crippen LogP contribution in [-0.4, -0.2) is 7.05 Å². The van der Waals surface area contributed by atoms with Crippen LogP contribution in [0.4, 0.5) is 0 Å². The number of hydrogen-bond donors (Lipinski definition) is 1. The maximum absolute atomic E-state index is 3.57. The molecule has 0 aromatic heterocycles. The van der Waals surface area contributed by atoms with Gasteiger partial charge in [0.05, 0.1) is 6.04 Å². The minimum Gasteiger partial charge on any atom is -0.309 e. The summed E-state index contributed by atoms with van der Waals surface area (Å²) in [7, 11) is 2.01. The molecule has 0 aliphatic heterocycles. The minimum atomic E-state index is 0.223. The van der Waals surface area contributed by atoms with Crippen molar-refractivity contribution in [2.24, 2.45) is 0 Å². The molecule has 0 spiro atoms. The monoisotopic (exact) mass is 443 g/mol. The SMILES string of the molecule is CNC(c1ccc(C(C)C)cc1)c1cc(Br)ccc1I. The van der Waals surface area contributed by atoms with E-state index in [9.17, 15) is 0 Å². The number of halogens is 2.